The van der Waals surface area contributed by atoms with Crippen LogP contribution in [-0.2, 0) is 12.4 Å². The highest BCUT2D eigenvalue weighted by Crippen LogP contribution is 2.34. The molecule has 1 N–H and O–H groups in total. The summed E-state index contributed by atoms with van der Waals surface area (Å²) in [4.78, 5) is 3.53. The number of nitrogens with zero attached hydrogens (tertiary/aromatic N) is 1. The number of benzene rings is 1. The van der Waals surface area contributed by atoms with Gasteiger partial charge in [-0.15, -0.1) is 0 Å². The van der Waals surface area contributed by atoms with Crippen molar-refractivity contribution in [1.29, 1.82) is 0 Å². The molecule has 2 nitrogen and oxygen atoms in total. The molecule has 0 radical (unpaired) electrons. The van der Waals surface area contributed by atoms with Crippen molar-refractivity contribution in [3.05, 3.63) is 53.2 Å². The molecule has 0 bridgehead atoms. The van der Waals surface area contributed by atoms with Gasteiger partial charge in [-0.05, 0) is 48.7 Å². The number of hydrogen-bond donors (Lipinski definition) is 1. The Morgan fingerprint density at radius 1 is 0.871 bits per heavy atom. The molecule has 1 unspecified atom stereocenters. The second kappa shape index (κ2) is 9.46. The Morgan fingerprint density at radius 2 is 1.48 bits per heavy atom. The lowest BCUT2D eigenvalue weighted by molar-refractivity contribution is -0.141. The van der Waals surface area contributed by atoms with Gasteiger partial charge in [0.15, 0.2) is 0 Å². The summed E-state index contributed by atoms with van der Waals surface area (Å²) in [5.41, 5.74) is -2.02. The molecule has 31 heavy (non-hydrogen) atoms. The van der Waals surface area contributed by atoms with Crippen molar-refractivity contribution in [3.8, 4) is 11.3 Å². The average molecular weight is 458 g/mol. The fraction of sp³-hybridized carbons (Fsp3) is 0.450. The van der Waals surface area contributed by atoms with Crippen LogP contribution in [0.4, 0.5) is 39.5 Å². The summed E-state index contributed by atoms with van der Waals surface area (Å²) < 4.78 is 114. The molecule has 11 heteroatoms. The van der Waals surface area contributed by atoms with Gasteiger partial charge >= 0.3 is 18.5 Å². The van der Waals surface area contributed by atoms with Gasteiger partial charge in [-0.3, -0.25) is 0 Å². The Kier molecular flexibility index (Phi) is 7.61. The predicted molar refractivity (Wildman–Crippen MR) is 96.3 cm³/mol. The van der Waals surface area contributed by atoms with Gasteiger partial charge in [0.05, 0.1) is 11.3 Å². The third-order valence-corrected chi connectivity index (χ3v) is 4.48. The molecule has 172 valence electrons. The molecular formula is C20H19F9N2. The van der Waals surface area contributed by atoms with Gasteiger partial charge in [-0.25, -0.2) is 4.98 Å². The van der Waals surface area contributed by atoms with E-state index in [-0.39, 0.29) is 36.3 Å². The van der Waals surface area contributed by atoms with E-state index in [2.05, 4.69) is 10.3 Å². The lowest BCUT2D eigenvalue weighted by atomic mass is 9.98. The molecular weight excluding hydrogens is 439 g/mol. The Labute approximate surface area is 172 Å². The van der Waals surface area contributed by atoms with E-state index >= 15 is 0 Å². The minimum Gasteiger partial charge on any atom is -0.316 e. The van der Waals surface area contributed by atoms with Gasteiger partial charge in [0.1, 0.15) is 5.69 Å². The van der Waals surface area contributed by atoms with Crippen molar-refractivity contribution in [2.24, 2.45) is 0 Å². The van der Waals surface area contributed by atoms with E-state index in [9.17, 15) is 39.5 Å². The Balaban J connectivity index is 2.22. The van der Waals surface area contributed by atoms with Crippen LogP contribution >= 0.6 is 0 Å². The number of hydrogen-bond acceptors (Lipinski definition) is 2. The van der Waals surface area contributed by atoms with Crippen molar-refractivity contribution in [2.75, 3.05) is 13.1 Å². The van der Waals surface area contributed by atoms with Gasteiger partial charge < -0.3 is 5.32 Å². The summed E-state index contributed by atoms with van der Waals surface area (Å²) in [5.74, 6) is -0.511. The van der Waals surface area contributed by atoms with Crippen LogP contribution in [0.1, 0.15) is 42.5 Å². The molecule has 0 saturated carbocycles. The Bertz CT molecular complexity index is 853. The topological polar surface area (TPSA) is 24.9 Å². The molecule has 1 heterocycles. The number of halogens is 9. The van der Waals surface area contributed by atoms with E-state index in [1.807, 2.05) is 0 Å². The molecule has 1 aromatic heterocycles. The fourth-order valence-corrected chi connectivity index (χ4v) is 2.81. The zero-order valence-corrected chi connectivity index (χ0v) is 16.2. The molecule has 0 aliphatic rings. The average Bonchev–Trinajstić information content (AvgIpc) is 2.65. The van der Waals surface area contributed by atoms with Gasteiger partial charge in [0, 0.05) is 18.5 Å². The Morgan fingerprint density at radius 3 is 2.00 bits per heavy atom. The molecule has 0 saturated heterocycles. The highest BCUT2D eigenvalue weighted by atomic mass is 19.4. The van der Waals surface area contributed by atoms with Gasteiger partial charge in [-0.2, -0.15) is 39.5 Å². The number of aromatic nitrogens is 1. The standard InChI is InChI=1S/C20H19F9N2/c1-12(11-30-8-2-7-18(21,22)23)14-9-16(31-17(10-14)20(27,28)29)13-3-5-15(6-4-13)19(24,25)26/h3-6,9-10,12,30H,2,7-8,11H2,1H3. The van der Waals surface area contributed by atoms with E-state index in [4.69, 9.17) is 0 Å². The lowest BCUT2D eigenvalue weighted by Gasteiger charge is -2.17. The zero-order chi connectivity index (χ0) is 23.4. The summed E-state index contributed by atoms with van der Waals surface area (Å²) in [6.45, 7) is 1.74. The highest BCUT2D eigenvalue weighted by molar-refractivity contribution is 5.61. The summed E-state index contributed by atoms with van der Waals surface area (Å²) in [6, 6.07) is 5.74. The van der Waals surface area contributed by atoms with Crippen molar-refractivity contribution < 1.29 is 39.5 Å². The van der Waals surface area contributed by atoms with E-state index in [1.165, 1.54) is 6.07 Å². The molecule has 0 amide bonds. The van der Waals surface area contributed by atoms with E-state index in [1.54, 1.807) is 6.92 Å². The summed E-state index contributed by atoms with van der Waals surface area (Å²) in [7, 11) is 0. The summed E-state index contributed by atoms with van der Waals surface area (Å²) in [5, 5.41) is 2.77. The van der Waals surface area contributed by atoms with Crippen LogP contribution in [-0.4, -0.2) is 24.2 Å². The lowest BCUT2D eigenvalue weighted by Crippen LogP contribution is -2.23. The van der Waals surface area contributed by atoms with Crippen LogP contribution in [0.3, 0.4) is 0 Å². The molecule has 0 fully saturated rings. The molecule has 0 aliphatic heterocycles. The maximum atomic E-state index is 13.3. The van der Waals surface area contributed by atoms with Gasteiger partial charge in [-0.1, -0.05) is 19.1 Å². The molecule has 0 aliphatic carbocycles. The van der Waals surface area contributed by atoms with Crippen LogP contribution in [0.25, 0.3) is 11.3 Å². The Hall–Kier alpha value is -2.30. The zero-order valence-electron chi connectivity index (χ0n) is 16.2. The largest absolute Gasteiger partial charge is 0.433 e. The van der Waals surface area contributed by atoms with Crippen LogP contribution < -0.4 is 5.32 Å². The quantitative estimate of drug-likeness (QED) is 0.364. The maximum Gasteiger partial charge on any atom is 0.433 e. The summed E-state index contributed by atoms with van der Waals surface area (Å²) in [6.07, 6.45) is -14.8. The van der Waals surface area contributed by atoms with Crippen molar-refractivity contribution in [1.82, 2.24) is 10.3 Å². The molecule has 1 atom stereocenters. The first kappa shape index (κ1) is 25.0. The normalized spacial score (nSPS) is 14.0. The number of pyridine rings is 1. The van der Waals surface area contributed by atoms with E-state index < -0.39 is 42.1 Å². The van der Waals surface area contributed by atoms with E-state index in [0.717, 1.165) is 30.3 Å². The monoisotopic (exact) mass is 458 g/mol. The van der Waals surface area contributed by atoms with E-state index in [0.29, 0.717) is 0 Å². The van der Waals surface area contributed by atoms with Gasteiger partial charge in [0.25, 0.3) is 0 Å². The second-order valence-corrected chi connectivity index (χ2v) is 7.07. The molecule has 0 spiro atoms. The van der Waals surface area contributed by atoms with Crippen LogP contribution in [0, 0.1) is 0 Å². The van der Waals surface area contributed by atoms with Gasteiger partial charge in [0.2, 0.25) is 0 Å². The minimum absolute atomic E-state index is 0.0345. The fourth-order valence-electron chi connectivity index (χ4n) is 2.81. The van der Waals surface area contributed by atoms with Crippen molar-refractivity contribution in [3.63, 3.8) is 0 Å². The molecule has 1 aromatic carbocycles. The van der Waals surface area contributed by atoms with Crippen LogP contribution in [0.5, 0.6) is 0 Å². The molecule has 2 rings (SSSR count). The van der Waals surface area contributed by atoms with Crippen molar-refractivity contribution >= 4 is 0 Å². The first-order chi connectivity index (χ1) is 14.2. The number of alkyl halides is 9. The SMILES string of the molecule is CC(CNCCCC(F)(F)F)c1cc(-c2ccc(C(F)(F)F)cc2)nc(C(F)(F)F)c1. The smallest absolute Gasteiger partial charge is 0.316 e. The minimum atomic E-state index is -4.78. The molecule has 2 aromatic rings. The number of nitrogens with one attached hydrogen (secondary N) is 1. The van der Waals surface area contributed by atoms with Crippen LogP contribution in [0.15, 0.2) is 36.4 Å². The van der Waals surface area contributed by atoms with Crippen LogP contribution in [0.2, 0.25) is 0 Å². The first-order valence-corrected chi connectivity index (χ1v) is 9.21. The highest BCUT2D eigenvalue weighted by Gasteiger charge is 2.34. The summed E-state index contributed by atoms with van der Waals surface area (Å²) >= 11 is 0. The number of rotatable bonds is 7. The maximum absolute atomic E-state index is 13.3. The predicted octanol–water partition coefficient (Wildman–Crippen LogP) is 6.82. The van der Waals surface area contributed by atoms with Crippen molar-refractivity contribution in [2.45, 2.75) is 44.2 Å². The third-order valence-electron chi connectivity index (χ3n) is 4.48. The second-order valence-electron chi connectivity index (χ2n) is 7.07. The third kappa shape index (κ3) is 7.71. The first-order valence-electron chi connectivity index (χ1n) is 9.21.